The smallest absolute Gasteiger partial charge is 0.258 e. The molecule has 2 aliphatic heterocycles. The normalized spacial score (nSPS) is 16.5. The second kappa shape index (κ2) is 13.1. The van der Waals surface area contributed by atoms with Crippen LogP contribution in [-0.2, 0) is 22.4 Å². The van der Waals surface area contributed by atoms with Crippen LogP contribution in [0.5, 0.6) is 0 Å². The minimum absolute atomic E-state index is 0.215. The Kier molecular flexibility index (Phi) is 9.60. The van der Waals surface area contributed by atoms with E-state index < -0.39 is 0 Å². The predicted molar refractivity (Wildman–Crippen MR) is 157 cm³/mol. The molecule has 4 heteroatoms. The Morgan fingerprint density at radius 2 is 0.947 bits per heavy atom. The van der Waals surface area contributed by atoms with Gasteiger partial charge in [-0.05, 0) is 46.9 Å². The molecule has 0 aliphatic carbocycles. The second-order valence-electron chi connectivity index (χ2n) is 11.0. The predicted octanol–water partition coefficient (Wildman–Crippen LogP) is 7.59. The molecule has 0 fully saturated rings. The summed E-state index contributed by atoms with van der Waals surface area (Å²) in [6.45, 7) is 9.02. The van der Waals surface area contributed by atoms with Gasteiger partial charge in [-0.1, -0.05) is 128 Å². The molecule has 2 unspecified atom stereocenters. The summed E-state index contributed by atoms with van der Waals surface area (Å²) < 4.78 is 0. The van der Waals surface area contributed by atoms with Crippen molar-refractivity contribution in [2.24, 2.45) is 11.8 Å². The van der Waals surface area contributed by atoms with E-state index in [1.54, 1.807) is 0 Å². The van der Waals surface area contributed by atoms with E-state index in [1.165, 1.54) is 62.5 Å². The van der Waals surface area contributed by atoms with Crippen molar-refractivity contribution in [2.75, 3.05) is 0 Å². The lowest BCUT2D eigenvalue weighted by Crippen LogP contribution is -2.21. The van der Waals surface area contributed by atoms with Gasteiger partial charge in [0.1, 0.15) is 0 Å². The van der Waals surface area contributed by atoms with Crippen LogP contribution in [0.15, 0.2) is 59.7 Å². The topological polar surface area (TPSA) is 58.2 Å². The first-order valence-corrected chi connectivity index (χ1v) is 14.8. The number of carbonyl (C=O) groups is 2. The zero-order chi connectivity index (χ0) is 27.1. The molecule has 2 aromatic carbocycles. The number of amides is 2. The number of benzene rings is 2. The Hall–Kier alpha value is -3.14. The van der Waals surface area contributed by atoms with Gasteiger partial charge in [-0.2, -0.15) is 0 Å². The lowest BCUT2D eigenvalue weighted by atomic mass is 9.91. The number of nitrogens with one attached hydrogen (secondary N) is 2. The highest BCUT2D eigenvalue weighted by molar-refractivity contribution is 6.30. The highest BCUT2D eigenvalue weighted by Gasteiger charge is 2.40. The lowest BCUT2D eigenvalue weighted by molar-refractivity contribution is -0.117. The molecule has 2 atom stereocenters. The fraction of sp³-hybridized carbons (Fsp3) is 0.471. The van der Waals surface area contributed by atoms with Crippen molar-refractivity contribution in [3.05, 3.63) is 81.9 Å². The van der Waals surface area contributed by atoms with E-state index in [2.05, 4.69) is 62.6 Å². The Balaban J connectivity index is 1.54. The van der Waals surface area contributed by atoms with Gasteiger partial charge >= 0.3 is 0 Å². The van der Waals surface area contributed by atoms with Gasteiger partial charge in [0, 0.05) is 0 Å². The molecule has 0 spiro atoms. The number of hydrogen-bond donors (Lipinski definition) is 2. The Morgan fingerprint density at radius 1 is 0.579 bits per heavy atom. The van der Waals surface area contributed by atoms with Crippen molar-refractivity contribution >= 4 is 23.2 Å². The third-order valence-corrected chi connectivity index (χ3v) is 8.30. The Morgan fingerprint density at radius 3 is 1.26 bits per heavy atom. The summed E-state index contributed by atoms with van der Waals surface area (Å²) in [4.78, 5) is 26.1. The second-order valence-corrected chi connectivity index (χ2v) is 11.0. The van der Waals surface area contributed by atoms with Crippen LogP contribution in [0.2, 0.25) is 0 Å². The van der Waals surface area contributed by atoms with Gasteiger partial charge in [0.25, 0.3) is 11.8 Å². The van der Waals surface area contributed by atoms with E-state index in [9.17, 15) is 9.59 Å². The van der Waals surface area contributed by atoms with Crippen LogP contribution in [0.4, 0.5) is 0 Å². The van der Waals surface area contributed by atoms with Gasteiger partial charge in [-0.15, -0.1) is 0 Å². The molecule has 0 aromatic heterocycles. The molecule has 202 valence electrons. The number of fused-ring (bicyclic) bond motifs is 1. The van der Waals surface area contributed by atoms with Gasteiger partial charge in [0.15, 0.2) is 0 Å². The summed E-state index contributed by atoms with van der Waals surface area (Å²) in [6, 6.07) is 16.7. The first-order valence-electron chi connectivity index (χ1n) is 14.8. The quantitative estimate of drug-likeness (QED) is 0.274. The maximum absolute atomic E-state index is 13.1. The van der Waals surface area contributed by atoms with Crippen molar-refractivity contribution in [1.82, 2.24) is 10.6 Å². The first-order chi connectivity index (χ1) is 18.5. The van der Waals surface area contributed by atoms with Crippen molar-refractivity contribution in [3.8, 4) is 0 Å². The third kappa shape index (κ3) is 6.28. The lowest BCUT2D eigenvalue weighted by Gasteiger charge is -2.15. The molecular weight excluding hydrogens is 468 g/mol. The molecule has 38 heavy (non-hydrogen) atoms. The van der Waals surface area contributed by atoms with Crippen LogP contribution in [0.3, 0.4) is 0 Å². The molecule has 2 N–H and O–H groups in total. The van der Waals surface area contributed by atoms with Crippen molar-refractivity contribution in [1.29, 1.82) is 0 Å². The molecule has 0 saturated heterocycles. The van der Waals surface area contributed by atoms with Gasteiger partial charge in [-0.25, -0.2) is 0 Å². The van der Waals surface area contributed by atoms with Crippen LogP contribution in [-0.4, -0.2) is 11.8 Å². The van der Waals surface area contributed by atoms with Crippen molar-refractivity contribution < 1.29 is 9.59 Å². The number of hydrogen-bond acceptors (Lipinski definition) is 2. The highest BCUT2D eigenvalue weighted by atomic mass is 16.2. The molecule has 2 amide bonds. The minimum Gasteiger partial charge on any atom is -0.321 e. The highest BCUT2D eigenvalue weighted by Crippen LogP contribution is 2.37. The van der Waals surface area contributed by atoms with E-state index in [0.717, 1.165) is 24.0 Å². The fourth-order valence-corrected chi connectivity index (χ4v) is 5.78. The Labute approximate surface area is 229 Å². The molecule has 4 rings (SSSR count). The van der Waals surface area contributed by atoms with E-state index in [1.807, 2.05) is 24.3 Å². The minimum atomic E-state index is -0.215. The average molecular weight is 513 g/mol. The molecule has 2 aromatic rings. The number of rotatable bonds is 14. The molecule has 2 aliphatic rings. The standard InChI is InChI=1S/C34H44N2O2/c1-5-9-11-23(7-3)21-25-13-17-27(18-14-25)31-29-30(34(38)35-31)32(36-33(29)37)28-19-15-26(16-20-28)22-24(8-4)12-10-6-2/h13-20,23-24H,5-12,21-22H2,1-4H3,(H,35,38)(H,36,37). The molecule has 2 heterocycles. The summed E-state index contributed by atoms with van der Waals surface area (Å²) in [5.41, 5.74) is 6.50. The number of carbonyl (C=O) groups excluding carboxylic acids is 2. The largest absolute Gasteiger partial charge is 0.321 e. The molecule has 0 radical (unpaired) electrons. The van der Waals surface area contributed by atoms with E-state index >= 15 is 0 Å². The summed E-state index contributed by atoms with van der Waals surface area (Å²) >= 11 is 0. The zero-order valence-electron chi connectivity index (χ0n) is 23.7. The third-order valence-electron chi connectivity index (χ3n) is 8.30. The van der Waals surface area contributed by atoms with Crippen molar-refractivity contribution in [2.45, 2.75) is 91.9 Å². The molecule has 0 bridgehead atoms. The maximum Gasteiger partial charge on any atom is 0.258 e. The maximum atomic E-state index is 13.1. The SMILES string of the molecule is CCCCC(CC)Cc1ccc(C2=C3C(=O)NC(c4ccc(CC(CC)CCCC)cc4)=C3C(=O)N2)cc1. The van der Waals surface area contributed by atoms with Gasteiger partial charge < -0.3 is 10.6 Å². The van der Waals surface area contributed by atoms with Crippen LogP contribution in [0, 0.1) is 11.8 Å². The van der Waals surface area contributed by atoms with Crippen LogP contribution >= 0.6 is 0 Å². The average Bonchev–Trinajstić information content (AvgIpc) is 3.47. The fourth-order valence-electron chi connectivity index (χ4n) is 5.78. The number of unbranched alkanes of at least 4 members (excludes halogenated alkanes) is 2. The van der Waals surface area contributed by atoms with Crippen LogP contribution < -0.4 is 10.6 Å². The zero-order valence-corrected chi connectivity index (χ0v) is 23.7. The summed E-state index contributed by atoms with van der Waals surface area (Å²) in [6.07, 6.45) is 12.0. The summed E-state index contributed by atoms with van der Waals surface area (Å²) in [5, 5.41) is 5.98. The van der Waals surface area contributed by atoms with Crippen LogP contribution in [0.25, 0.3) is 11.4 Å². The summed E-state index contributed by atoms with van der Waals surface area (Å²) in [7, 11) is 0. The monoisotopic (exact) mass is 512 g/mol. The van der Waals surface area contributed by atoms with Gasteiger partial charge in [-0.3, -0.25) is 9.59 Å². The van der Waals surface area contributed by atoms with Gasteiger partial charge in [0.05, 0.1) is 22.5 Å². The van der Waals surface area contributed by atoms with E-state index in [-0.39, 0.29) is 11.8 Å². The molecule has 0 saturated carbocycles. The summed E-state index contributed by atoms with van der Waals surface area (Å²) in [5.74, 6) is 0.963. The molecular formula is C34H44N2O2. The molecule has 4 nitrogen and oxygen atoms in total. The first kappa shape index (κ1) is 27.9. The van der Waals surface area contributed by atoms with E-state index in [4.69, 9.17) is 0 Å². The van der Waals surface area contributed by atoms with Gasteiger partial charge in [0.2, 0.25) is 0 Å². The van der Waals surface area contributed by atoms with Crippen molar-refractivity contribution in [3.63, 3.8) is 0 Å². The van der Waals surface area contributed by atoms with E-state index in [0.29, 0.717) is 34.4 Å². The van der Waals surface area contributed by atoms with Crippen LogP contribution in [0.1, 0.15) is 101 Å². The Bertz CT molecular complexity index is 1090.